The highest BCUT2D eigenvalue weighted by molar-refractivity contribution is 5.39. The molecule has 0 aliphatic heterocycles. The topological polar surface area (TPSA) is 38.7 Å². The van der Waals surface area contributed by atoms with E-state index in [4.69, 9.17) is 9.47 Å². The zero-order valence-corrected chi connectivity index (χ0v) is 17.1. The van der Waals surface area contributed by atoms with Crippen molar-refractivity contribution in [2.45, 2.75) is 97.5 Å². The van der Waals surface area contributed by atoms with E-state index < -0.39 is 0 Å². The molecule has 1 aromatic rings. The molecule has 0 saturated carbocycles. The van der Waals surface area contributed by atoms with Gasteiger partial charge in [0.15, 0.2) is 0 Å². The summed E-state index contributed by atoms with van der Waals surface area (Å²) in [6.45, 7) is 5.93. The highest BCUT2D eigenvalue weighted by Gasteiger charge is 2.05. The Labute approximate surface area is 161 Å². The lowest BCUT2D eigenvalue weighted by molar-refractivity contribution is 0.256. The summed E-state index contributed by atoms with van der Waals surface area (Å²) >= 11 is 0. The van der Waals surface area contributed by atoms with Crippen molar-refractivity contribution in [3.05, 3.63) is 23.8 Å². The van der Waals surface area contributed by atoms with Gasteiger partial charge in [-0.25, -0.2) is 0 Å². The maximum atomic E-state index is 9.60. The molecule has 0 aliphatic carbocycles. The molecule has 26 heavy (non-hydrogen) atoms. The van der Waals surface area contributed by atoms with Crippen LogP contribution in [-0.2, 0) is 6.61 Å². The van der Waals surface area contributed by atoms with Crippen molar-refractivity contribution < 1.29 is 14.6 Å². The van der Waals surface area contributed by atoms with Crippen LogP contribution in [-0.4, -0.2) is 18.3 Å². The minimum Gasteiger partial charge on any atom is -0.494 e. The van der Waals surface area contributed by atoms with Crippen LogP contribution in [0, 0.1) is 0 Å². The second-order valence-electron chi connectivity index (χ2n) is 7.16. The third-order valence-electron chi connectivity index (χ3n) is 4.72. The number of aliphatic hydroxyl groups is 1. The van der Waals surface area contributed by atoms with Gasteiger partial charge in [-0.1, -0.05) is 78.1 Å². The molecule has 0 amide bonds. The predicted octanol–water partition coefficient (Wildman–Crippen LogP) is 6.66. The summed E-state index contributed by atoms with van der Waals surface area (Å²) in [6, 6.07) is 5.79. The van der Waals surface area contributed by atoms with Crippen molar-refractivity contribution in [3.8, 4) is 11.5 Å². The number of benzene rings is 1. The van der Waals surface area contributed by atoms with E-state index in [2.05, 4.69) is 13.8 Å². The van der Waals surface area contributed by atoms with Gasteiger partial charge in [0.1, 0.15) is 11.5 Å². The van der Waals surface area contributed by atoms with Gasteiger partial charge in [-0.05, 0) is 31.0 Å². The molecule has 0 heterocycles. The van der Waals surface area contributed by atoms with E-state index in [0.717, 1.165) is 43.1 Å². The number of rotatable bonds is 17. The average molecular weight is 365 g/mol. The molecule has 150 valence electrons. The quantitative estimate of drug-likeness (QED) is 0.314. The van der Waals surface area contributed by atoms with Crippen LogP contribution >= 0.6 is 0 Å². The fraction of sp³-hybridized carbons (Fsp3) is 0.739. The molecule has 1 aromatic carbocycles. The second-order valence-corrected chi connectivity index (χ2v) is 7.16. The molecule has 3 nitrogen and oxygen atoms in total. The SMILES string of the molecule is CCCCCCCCOc1ccc(OCCCCCCCC)c(CO)c1. The molecule has 0 atom stereocenters. The summed E-state index contributed by atoms with van der Waals surface area (Å²) in [5.74, 6) is 1.61. The lowest BCUT2D eigenvalue weighted by Gasteiger charge is -2.13. The second kappa shape index (κ2) is 16.0. The van der Waals surface area contributed by atoms with Crippen LogP contribution in [0.4, 0.5) is 0 Å². The molecule has 0 unspecified atom stereocenters. The molecule has 3 heteroatoms. The van der Waals surface area contributed by atoms with Crippen molar-refractivity contribution >= 4 is 0 Å². The number of hydrogen-bond acceptors (Lipinski definition) is 3. The fourth-order valence-electron chi connectivity index (χ4n) is 3.05. The highest BCUT2D eigenvalue weighted by Crippen LogP contribution is 2.25. The van der Waals surface area contributed by atoms with Crippen LogP contribution in [0.25, 0.3) is 0 Å². The summed E-state index contributed by atoms with van der Waals surface area (Å²) < 4.78 is 11.7. The Bertz CT molecular complexity index is 445. The van der Waals surface area contributed by atoms with Gasteiger partial charge in [0.2, 0.25) is 0 Å². The predicted molar refractivity (Wildman–Crippen MR) is 110 cm³/mol. The first-order valence-corrected chi connectivity index (χ1v) is 10.8. The third-order valence-corrected chi connectivity index (χ3v) is 4.72. The van der Waals surface area contributed by atoms with Crippen LogP contribution in [0.15, 0.2) is 18.2 Å². The summed E-state index contributed by atoms with van der Waals surface area (Å²) in [7, 11) is 0. The molecular formula is C23H40O3. The van der Waals surface area contributed by atoms with Gasteiger partial charge >= 0.3 is 0 Å². The molecule has 1 N–H and O–H groups in total. The molecule has 0 radical (unpaired) electrons. The van der Waals surface area contributed by atoms with Crippen LogP contribution in [0.1, 0.15) is 96.5 Å². The summed E-state index contributed by atoms with van der Waals surface area (Å²) in [5, 5.41) is 9.60. The Morgan fingerprint density at radius 2 is 1.23 bits per heavy atom. The minimum atomic E-state index is -0.0138. The fourth-order valence-corrected chi connectivity index (χ4v) is 3.05. The van der Waals surface area contributed by atoms with E-state index >= 15 is 0 Å². The molecule has 1 rings (SSSR count). The lowest BCUT2D eigenvalue weighted by Crippen LogP contribution is -2.02. The normalized spacial score (nSPS) is 10.9. The van der Waals surface area contributed by atoms with E-state index in [-0.39, 0.29) is 6.61 Å². The van der Waals surface area contributed by atoms with Crippen LogP contribution < -0.4 is 9.47 Å². The summed E-state index contributed by atoms with van der Waals surface area (Å²) in [6.07, 6.45) is 15.1. The Kier molecular flexibility index (Phi) is 14.0. The van der Waals surface area contributed by atoms with Crippen LogP contribution in [0.5, 0.6) is 11.5 Å². The van der Waals surface area contributed by atoms with E-state index in [0.29, 0.717) is 0 Å². The van der Waals surface area contributed by atoms with Gasteiger partial charge < -0.3 is 14.6 Å². The monoisotopic (exact) mass is 364 g/mol. The van der Waals surface area contributed by atoms with Crippen LogP contribution in [0.2, 0.25) is 0 Å². The van der Waals surface area contributed by atoms with Gasteiger partial charge in [-0.3, -0.25) is 0 Å². The van der Waals surface area contributed by atoms with Gasteiger partial charge in [0, 0.05) is 5.56 Å². The van der Waals surface area contributed by atoms with Gasteiger partial charge in [-0.2, -0.15) is 0 Å². The summed E-state index contributed by atoms with van der Waals surface area (Å²) in [4.78, 5) is 0. The standard InChI is InChI=1S/C23H40O3/c1-3-5-7-9-11-13-17-25-22-15-16-23(21(19-22)20-24)26-18-14-12-10-8-6-4-2/h15-16,19,24H,3-14,17-18,20H2,1-2H3. The maximum Gasteiger partial charge on any atom is 0.125 e. The van der Waals surface area contributed by atoms with Crippen LogP contribution in [0.3, 0.4) is 0 Å². The van der Waals surface area contributed by atoms with E-state index in [9.17, 15) is 5.11 Å². The van der Waals surface area contributed by atoms with Crippen molar-refractivity contribution in [2.24, 2.45) is 0 Å². The largest absolute Gasteiger partial charge is 0.494 e. The molecule has 0 aliphatic rings. The zero-order chi connectivity index (χ0) is 18.9. The molecule has 0 spiro atoms. The molecule has 0 aromatic heterocycles. The number of aliphatic hydroxyl groups excluding tert-OH is 1. The van der Waals surface area contributed by atoms with Gasteiger partial charge in [0.05, 0.1) is 19.8 Å². The van der Waals surface area contributed by atoms with Crippen molar-refractivity contribution in [3.63, 3.8) is 0 Å². The molecule has 0 saturated heterocycles. The smallest absolute Gasteiger partial charge is 0.125 e. The number of ether oxygens (including phenoxy) is 2. The van der Waals surface area contributed by atoms with Crippen molar-refractivity contribution in [1.82, 2.24) is 0 Å². The Morgan fingerprint density at radius 3 is 1.81 bits per heavy atom. The number of hydrogen-bond donors (Lipinski definition) is 1. The third kappa shape index (κ3) is 10.7. The highest BCUT2D eigenvalue weighted by atomic mass is 16.5. The Balaban J connectivity index is 2.24. The molecule has 0 fully saturated rings. The van der Waals surface area contributed by atoms with Crippen molar-refractivity contribution in [2.75, 3.05) is 13.2 Å². The summed E-state index contributed by atoms with van der Waals surface area (Å²) in [5.41, 5.74) is 0.816. The molecular weight excluding hydrogens is 324 g/mol. The van der Waals surface area contributed by atoms with E-state index in [1.54, 1.807) is 0 Å². The minimum absolute atomic E-state index is 0.0138. The Morgan fingerprint density at radius 1 is 0.692 bits per heavy atom. The van der Waals surface area contributed by atoms with E-state index in [1.807, 2.05) is 18.2 Å². The van der Waals surface area contributed by atoms with Gasteiger partial charge in [-0.15, -0.1) is 0 Å². The number of unbranched alkanes of at least 4 members (excludes halogenated alkanes) is 10. The first-order valence-electron chi connectivity index (χ1n) is 10.8. The van der Waals surface area contributed by atoms with Crippen molar-refractivity contribution in [1.29, 1.82) is 0 Å². The zero-order valence-electron chi connectivity index (χ0n) is 17.1. The van der Waals surface area contributed by atoms with E-state index in [1.165, 1.54) is 64.2 Å². The van der Waals surface area contributed by atoms with Gasteiger partial charge in [0.25, 0.3) is 0 Å². The Hall–Kier alpha value is -1.22. The lowest BCUT2D eigenvalue weighted by atomic mass is 10.1. The molecule has 0 bridgehead atoms. The maximum absolute atomic E-state index is 9.60. The first-order chi connectivity index (χ1) is 12.8. The average Bonchev–Trinajstić information content (AvgIpc) is 2.67. The first kappa shape index (κ1) is 22.8.